The molecule has 1 N–H and O–H groups in total. The smallest absolute Gasteiger partial charge is 0.123 e. The molecule has 2 aromatic carbocycles. The zero-order valence-corrected chi connectivity index (χ0v) is 10.5. The van der Waals surface area contributed by atoms with Crippen molar-refractivity contribution in [3.63, 3.8) is 0 Å². The number of nitrogens with zero attached hydrogens (tertiary/aromatic N) is 1. The third-order valence-electron chi connectivity index (χ3n) is 2.74. The quantitative estimate of drug-likeness (QED) is 0.518. The van der Waals surface area contributed by atoms with E-state index in [2.05, 4.69) is 5.16 Å². The molecule has 0 aromatic heterocycles. The zero-order chi connectivity index (χ0) is 13.7. The van der Waals surface area contributed by atoms with Crippen molar-refractivity contribution in [3.8, 4) is 5.75 Å². The van der Waals surface area contributed by atoms with Gasteiger partial charge in [0, 0.05) is 0 Å². The highest BCUT2D eigenvalue weighted by atomic mass is 19.1. The Kier molecular flexibility index (Phi) is 4.13. The summed E-state index contributed by atoms with van der Waals surface area (Å²) in [6.45, 7) is 2.10. The van der Waals surface area contributed by atoms with Gasteiger partial charge in [0.05, 0.1) is 5.71 Å². The second-order valence-corrected chi connectivity index (χ2v) is 4.12. The van der Waals surface area contributed by atoms with E-state index >= 15 is 0 Å². The van der Waals surface area contributed by atoms with Gasteiger partial charge in [-0.25, -0.2) is 4.39 Å². The SMILES string of the molecule is C/C(=N\O)c1ccc(OCc2ccc(F)cc2)cc1. The summed E-state index contributed by atoms with van der Waals surface area (Å²) in [6.07, 6.45) is 0. The van der Waals surface area contributed by atoms with E-state index in [1.165, 1.54) is 12.1 Å². The molecular weight excluding hydrogens is 245 g/mol. The van der Waals surface area contributed by atoms with E-state index < -0.39 is 0 Å². The van der Waals surface area contributed by atoms with Gasteiger partial charge in [0.15, 0.2) is 0 Å². The van der Waals surface area contributed by atoms with Crippen LogP contribution in [-0.2, 0) is 6.61 Å². The first-order valence-corrected chi connectivity index (χ1v) is 5.85. The summed E-state index contributed by atoms with van der Waals surface area (Å²) < 4.78 is 18.3. The molecule has 4 heteroatoms. The Bertz CT molecular complexity index is 562. The van der Waals surface area contributed by atoms with Crippen LogP contribution in [0.1, 0.15) is 18.1 Å². The number of hydrogen-bond donors (Lipinski definition) is 1. The predicted molar refractivity (Wildman–Crippen MR) is 71.2 cm³/mol. The first kappa shape index (κ1) is 13.1. The van der Waals surface area contributed by atoms with Crippen LogP contribution in [0.2, 0.25) is 0 Å². The lowest BCUT2D eigenvalue weighted by Gasteiger charge is -2.07. The standard InChI is InChI=1S/C15H14FNO2/c1-11(17-18)13-4-8-15(9-5-13)19-10-12-2-6-14(16)7-3-12/h2-9,18H,10H2,1H3/b17-11+. The average Bonchev–Trinajstić information content (AvgIpc) is 2.46. The highest BCUT2D eigenvalue weighted by molar-refractivity contribution is 5.98. The van der Waals surface area contributed by atoms with Gasteiger partial charge in [0.2, 0.25) is 0 Å². The molecule has 2 aromatic rings. The molecule has 0 unspecified atom stereocenters. The average molecular weight is 259 g/mol. The van der Waals surface area contributed by atoms with Gasteiger partial charge in [-0.05, 0) is 54.4 Å². The highest BCUT2D eigenvalue weighted by Crippen LogP contribution is 2.15. The number of benzene rings is 2. The number of ether oxygens (including phenoxy) is 1. The Hall–Kier alpha value is -2.36. The molecule has 19 heavy (non-hydrogen) atoms. The van der Waals surface area contributed by atoms with Gasteiger partial charge in [-0.1, -0.05) is 17.3 Å². The molecule has 0 aliphatic carbocycles. The van der Waals surface area contributed by atoms with Crippen molar-refractivity contribution in [2.45, 2.75) is 13.5 Å². The summed E-state index contributed by atoms with van der Waals surface area (Å²) in [6, 6.07) is 13.4. The molecule has 98 valence electrons. The van der Waals surface area contributed by atoms with Crippen molar-refractivity contribution >= 4 is 5.71 Å². The number of hydrogen-bond acceptors (Lipinski definition) is 3. The molecule has 0 saturated heterocycles. The molecular formula is C15H14FNO2. The van der Waals surface area contributed by atoms with Crippen LogP contribution in [0.5, 0.6) is 5.75 Å². The van der Waals surface area contributed by atoms with E-state index in [4.69, 9.17) is 9.94 Å². The summed E-state index contributed by atoms with van der Waals surface area (Å²) in [7, 11) is 0. The summed E-state index contributed by atoms with van der Waals surface area (Å²) in [5.41, 5.74) is 2.28. The van der Waals surface area contributed by atoms with Crippen molar-refractivity contribution in [1.82, 2.24) is 0 Å². The van der Waals surface area contributed by atoms with Gasteiger partial charge in [0.1, 0.15) is 18.2 Å². The third-order valence-corrected chi connectivity index (χ3v) is 2.74. The molecule has 0 radical (unpaired) electrons. The zero-order valence-electron chi connectivity index (χ0n) is 10.5. The number of halogens is 1. The highest BCUT2D eigenvalue weighted by Gasteiger charge is 2.00. The van der Waals surface area contributed by atoms with Gasteiger partial charge in [-0.3, -0.25) is 0 Å². The summed E-state index contributed by atoms with van der Waals surface area (Å²) in [5, 5.41) is 11.8. The number of oxime groups is 1. The van der Waals surface area contributed by atoms with E-state index in [1.54, 1.807) is 31.2 Å². The lowest BCUT2D eigenvalue weighted by Crippen LogP contribution is -1.97. The van der Waals surface area contributed by atoms with Crippen LogP contribution in [0.4, 0.5) is 4.39 Å². The molecule has 0 aliphatic heterocycles. The van der Waals surface area contributed by atoms with Gasteiger partial charge in [0.25, 0.3) is 0 Å². The minimum absolute atomic E-state index is 0.258. The van der Waals surface area contributed by atoms with E-state index in [-0.39, 0.29) is 5.82 Å². The monoisotopic (exact) mass is 259 g/mol. The Balaban J connectivity index is 1.98. The Labute approximate surface area is 111 Å². The van der Waals surface area contributed by atoms with Crippen molar-refractivity contribution in [3.05, 3.63) is 65.5 Å². The van der Waals surface area contributed by atoms with E-state index in [9.17, 15) is 4.39 Å². The predicted octanol–water partition coefficient (Wildman–Crippen LogP) is 3.60. The second-order valence-electron chi connectivity index (χ2n) is 4.12. The minimum atomic E-state index is -0.258. The second kappa shape index (κ2) is 6.00. The third kappa shape index (κ3) is 3.55. The van der Waals surface area contributed by atoms with E-state index in [0.29, 0.717) is 18.1 Å². The topological polar surface area (TPSA) is 41.8 Å². The van der Waals surface area contributed by atoms with Crippen LogP contribution in [-0.4, -0.2) is 10.9 Å². The van der Waals surface area contributed by atoms with Crippen LogP contribution in [0.25, 0.3) is 0 Å². The molecule has 0 saturated carbocycles. The van der Waals surface area contributed by atoms with Crippen LogP contribution in [0.3, 0.4) is 0 Å². The molecule has 0 aliphatic rings. The number of rotatable bonds is 4. The van der Waals surface area contributed by atoms with Gasteiger partial charge >= 0.3 is 0 Å². The van der Waals surface area contributed by atoms with Gasteiger partial charge < -0.3 is 9.94 Å². The van der Waals surface area contributed by atoms with E-state index in [0.717, 1.165) is 11.1 Å². The first-order chi connectivity index (χ1) is 9.19. The van der Waals surface area contributed by atoms with Crippen molar-refractivity contribution in [2.75, 3.05) is 0 Å². The molecule has 0 atom stereocenters. The lowest BCUT2D eigenvalue weighted by atomic mass is 10.1. The maximum Gasteiger partial charge on any atom is 0.123 e. The Morgan fingerprint density at radius 3 is 2.32 bits per heavy atom. The summed E-state index contributed by atoms with van der Waals surface area (Å²) in [5.74, 6) is 0.450. The lowest BCUT2D eigenvalue weighted by molar-refractivity contribution is 0.306. The molecule has 0 heterocycles. The van der Waals surface area contributed by atoms with Crippen molar-refractivity contribution in [1.29, 1.82) is 0 Å². The summed E-state index contributed by atoms with van der Waals surface area (Å²) in [4.78, 5) is 0. The fraction of sp³-hybridized carbons (Fsp3) is 0.133. The summed E-state index contributed by atoms with van der Waals surface area (Å²) >= 11 is 0. The fourth-order valence-electron chi connectivity index (χ4n) is 1.60. The van der Waals surface area contributed by atoms with Crippen molar-refractivity contribution < 1.29 is 14.3 Å². The fourth-order valence-corrected chi connectivity index (χ4v) is 1.60. The minimum Gasteiger partial charge on any atom is -0.489 e. The molecule has 0 spiro atoms. The molecule has 0 bridgehead atoms. The van der Waals surface area contributed by atoms with Crippen LogP contribution in [0.15, 0.2) is 53.7 Å². The van der Waals surface area contributed by atoms with Gasteiger partial charge in [-0.15, -0.1) is 0 Å². The maximum atomic E-state index is 12.7. The normalized spacial score (nSPS) is 11.4. The maximum absolute atomic E-state index is 12.7. The Morgan fingerprint density at radius 2 is 1.74 bits per heavy atom. The molecule has 0 fully saturated rings. The first-order valence-electron chi connectivity index (χ1n) is 5.85. The molecule has 0 amide bonds. The van der Waals surface area contributed by atoms with E-state index in [1.807, 2.05) is 12.1 Å². The largest absolute Gasteiger partial charge is 0.489 e. The Morgan fingerprint density at radius 1 is 1.11 bits per heavy atom. The molecule has 3 nitrogen and oxygen atoms in total. The van der Waals surface area contributed by atoms with Gasteiger partial charge in [-0.2, -0.15) is 0 Å². The van der Waals surface area contributed by atoms with Crippen molar-refractivity contribution in [2.24, 2.45) is 5.16 Å². The molecule has 2 rings (SSSR count). The van der Waals surface area contributed by atoms with Crippen LogP contribution in [0, 0.1) is 5.82 Å². The van der Waals surface area contributed by atoms with Crippen LogP contribution < -0.4 is 4.74 Å². The van der Waals surface area contributed by atoms with Crippen LogP contribution >= 0.6 is 0 Å².